The summed E-state index contributed by atoms with van der Waals surface area (Å²) in [6.07, 6.45) is 2.66. The Labute approximate surface area is 171 Å². The molecule has 1 N–H and O–H groups in total. The van der Waals surface area contributed by atoms with Crippen LogP contribution >= 0.6 is 11.6 Å². The van der Waals surface area contributed by atoms with Crippen LogP contribution in [0.15, 0.2) is 42.5 Å². The van der Waals surface area contributed by atoms with E-state index in [0.29, 0.717) is 28.6 Å². The Morgan fingerprint density at radius 2 is 1.93 bits per heavy atom. The van der Waals surface area contributed by atoms with Gasteiger partial charge in [0.2, 0.25) is 0 Å². The van der Waals surface area contributed by atoms with Gasteiger partial charge >= 0.3 is 0 Å². The number of benzene rings is 2. The highest BCUT2D eigenvalue weighted by molar-refractivity contribution is 6.32. The third kappa shape index (κ3) is 4.92. The second-order valence-corrected chi connectivity index (χ2v) is 9.21. The van der Waals surface area contributed by atoms with Crippen LogP contribution in [-0.2, 0) is 0 Å². The van der Waals surface area contributed by atoms with Crippen LogP contribution in [0, 0.1) is 16.6 Å². The fraction of sp³-hybridized carbons (Fsp3) is 0.435. The minimum atomic E-state index is -0.395. The Balaban J connectivity index is 1.85. The molecule has 3 rings (SSSR count). The largest absolute Gasteiger partial charge is 0.456 e. The summed E-state index contributed by atoms with van der Waals surface area (Å²) in [4.78, 5) is 13.5. The van der Waals surface area contributed by atoms with Gasteiger partial charge in [-0.15, -0.1) is 0 Å². The summed E-state index contributed by atoms with van der Waals surface area (Å²) in [6.45, 7) is 8.14. The molecule has 1 aliphatic heterocycles. The van der Waals surface area contributed by atoms with Gasteiger partial charge in [0.25, 0.3) is 0 Å². The quantitative estimate of drug-likeness (QED) is 0.578. The molecular weight excluding hydrogens is 377 g/mol. The highest BCUT2D eigenvalue weighted by Crippen LogP contribution is 2.40. The minimum absolute atomic E-state index is 0.127. The maximum atomic E-state index is 13.5. The van der Waals surface area contributed by atoms with Crippen LogP contribution in [0.1, 0.15) is 50.4 Å². The van der Waals surface area contributed by atoms with Gasteiger partial charge in [-0.05, 0) is 73.7 Å². The first-order valence-electron chi connectivity index (χ1n) is 9.67. The molecule has 3 nitrogen and oxygen atoms in total. The topological polar surface area (TPSA) is 38.3 Å². The van der Waals surface area contributed by atoms with E-state index in [1.54, 1.807) is 18.2 Å². The van der Waals surface area contributed by atoms with E-state index in [9.17, 15) is 9.18 Å². The number of rotatable bonds is 6. The van der Waals surface area contributed by atoms with Crippen molar-refractivity contribution in [2.45, 2.75) is 40.0 Å². The number of ketones is 1. The van der Waals surface area contributed by atoms with E-state index in [1.165, 1.54) is 24.3 Å². The molecule has 150 valence electrons. The first kappa shape index (κ1) is 20.8. The number of nitrogens with one attached hydrogen (secondary N) is 1. The molecular formula is C23H27ClFNO2. The fourth-order valence-corrected chi connectivity index (χ4v) is 3.69. The van der Waals surface area contributed by atoms with E-state index in [2.05, 4.69) is 26.1 Å². The van der Waals surface area contributed by atoms with Crippen molar-refractivity contribution in [1.82, 2.24) is 5.32 Å². The SMILES string of the molecule is CC(C)(C)CCC1(C(=O)c2ccc(Cl)c(Oc3ccc(F)cc3)c2)CCNC1. The average Bonchev–Trinajstić information content (AvgIpc) is 3.13. The first-order chi connectivity index (χ1) is 13.2. The lowest BCUT2D eigenvalue weighted by Gasteiger charge is -2.30. The zero-order valence-corrected chi connectivity index (χ0v) is 17.4. The van der Waals surface area contributed by atoms with Gasteiger partial charge in [0.05, 0.1) is 5.02 Å². The number of ether oxygens (including phenoxy) is 1. The zero-order valence-electron chi connectivity index (χ0n) is 16.6. The van der Waals surface area contributed by atoms with Gasteiger partial charge in [-0.2, -0.15) is 0 Å². The van der Waals surface area contributed by atoms with Crippen molar-refractivity contribution in [1.29, 1.82) is 0 Å². The molecule has 28 heavy (non-hydrogen) atoms. The average molecular weight is 404 g/mol. The standard InChI is InChI=1S/C23H27ClFNO2/c1-22(2,3)10-11-23(12-13-26-15-23)21(27)16-4-9-19(24)20(14-16)28-18-7-5-17(25)6-8-18/h4-9,14,26H,10-13,15H2,1-3H3. The van der Waals surface area contributed by atoms with Crippen LogP contribution < -0.4 is 10.1 Å². The molecule has 2 aromatic rings. The second kappa shape index (κ2) is 8.22. The molecule has 0 aromatic heterocycles. The van der Waals surface area contributed by atoms with E-state index in [0.717, 1.165) is 25.8 Å². The molecule has 1 heterocycles. The number of carbonyl (C=O) groups excluding carboxylic acids is 1. The number of carbonyl (C=O) groups is 1. The lowest BCUT2D eigenvalue weighted by molar-refractivity contribution is 0.0783. The summed E-state index contributed by atoms with van der Waals surface area (Å²) in [5.74, 6) is 0.660. The van der Waals surface area contributed by atoms with Gasteiger partial charge in [0.15, 0.2) is 5.78 Å². The molecule has 0 saturated carbocycles. The third-order valence-corrected chi connectivity index (χ3v) is 5.63. The molecule has 1 fully saturated rings. The van der Waals surface area contributed by atoms with Gasteiger partial charge in [0, 0.05) is 17.5 Å². The molecule has 1 unspecified atom stereocenters. The third-order valence-electron chi connectivity index (χ3n) is 5.31. The van der Waals surface area contributed by atoms with Crippen molar-refractivity contribution < 1.29 is 13.9 Å². The maximum absolute atomic E-state index is 13.5. The van der Waals surface area contributed by atoms with Crippen LogP contribution in [0.5, 0.6) is 11.5 Å². The van der Waals surface area contributed by atoms with Gasteiger partial charge in [-0.1, -0.05) is 32.4 Å². The fourth-order valence-electron chi connectivity index (χ4n) is 3.54. The number of Topliss-reactive ketones (excluding diaryl/α,β-unsaturated/α-hetero) is 1. The zero-order chi connectivity index (χ0) is 20.4. The number of hydrogen-bond acceptors (Lipinski definition) is 3. The number of hydrogen-bond donors (Lipinski definition) is 1. The van der Waals surface area contributed by atoms with E-state index in [1.807, 2.05) is 0 Å². The normalized spacial score (nSPS) is 19.6. The summed E-state index contributed by atoms with van der Waals surface area (Å²) >= 11 is 6.27. The minimum Gasteiger partial charge on any atom is -0.456 e. The molecule has 0 bridgehead atoms. The van der Waals surface area contributed by atoms with Crippen LogP contribution in [0.25, 0.3) is 0 Å². The maximum Gasteiger partial charge on any atom is 0.170 e. The Morgan fingerprint density at radius 3 is 2.54 bits per heavy atom. The lowest BCUT2D eigenvalue weighted by atomic mass is 9.72. The van der Waals surface area contributed by atoms with Crippen LogP contribution in [0.2, 0.25) is 5.02 Å². The second-order valence-electron chi connectivity index (χ2n) is 8.80. The molecule has 0 spiro atoms. The Kier molecular flexibility index (Phi) is 6.11. The van der Waals surface area contributed by atoms with Gasteiger partial charge in [-0.3, -0.25) is 4.79 Å². The van der Waals surface area contributed by atoms with E-state index in [4.69, 9.17) is 16.3 Å². The van der Waals surface area contributed by atoms with Crippen LogP contribution in [0.3, 0.4) is 0 Å². The molecule has 1 saturated heterocycles. The smallest absolute Gasteiger partial charge is 0.170 e. The first-order valence-corrected chi connectivity index (χ1v) is 10.0. The molecule has 0 amide bonds. The van der Waals surface area contributed by atoms with E-state index >= 15 is 0 Å². The Bertz CT molecular complexity index is 837. The lowest BCUT2D eigenvalue weighted by Crippen LogP contribution is -2.34. The predicted octanol–water partition coefficient (Wildman–Crippen LogP) is 6.26. The van der Waals surface area contributed by atoms with Crippen LogP contribution in [0.4, 0.5) is 4.39 Å². The summed E-state index contributed by atoms with van der Waals surface area (Å²) in [7, 11) is 0. The molecule has 1 aliphatic rings. The highest BCUT2D eigenvalue weighted by atomic mass is 35.5. The molecule has 1 atom stereocenters. The number of halogens is 2. The van der Waals surface area contributed by atoms with Crippen LogP contribution in [-0.4, -0.2) is 18.9 Å². The molecule has 0 radical (unpaired) electrons. The molecule has 5 heteroatoms. The molecule has 0 aliphatic carbocycles. The van der Waals surface area contributed by atoms with Crippen molar-refractivity contribution >= 4 is 17.4 Å². The van der Waals surface area contributed by atoms with Crippen molar-refractivity contribution in [3.8, 4) is 11.5 Å². The van der Waals surface area contributed by atoms with Crippen molar-refractivity contribution in [2.24, 2.45) is 10.8 Å². The van der Waals surface area contributed by atoms with E-state index < -0.39 is 5.41 Å². The monoisotopic (exact) mass is 403 g/mol. The van der Waals surface area contributed by atoms with Crippen molar-refractivity contribution in [3.63, 3.8) is 0 Å². The van der Waals surface area contributed by atoms with Gasteiger partial charge < -0.3 is 10.1 Å². The van der Waals surface area contributed by atoms with E-state index in [-0.39, 0.29) is 17.0 Å². The van der Waals surface area contributed by atoms with Gasteiger partial charge in [-0.25, -0.2) is 4.39 Å². The Morgan fingerprint density at radius 1 is 1.21 bits per heavy atom. The Hall–Kier alpha value is -1.91. The summed E-state index contributed by atoms with van der Waals surface area (Å²) in [6, 6.07) is 10.9. The van der Waals surface area contributed by atoms with Crippen molar-refractivity contribution in [3.05, 3.63) is 58.9 Å². The summed E-state index contributed by atoms with van der Waals surface area (Å²) < 4.78 is 18.9. The van der Waals surface area contributed by atoms with Gasteiger partial charge in [0.1, 0.15) is 17.3 Å². The van der Waals surface area contributed by atoms with Crippen molar-refractivity contribution in [2.75, 3.05) is 13.1 Å². The predicted molar refractivity (Wildman–Crippen MR) is 111 cm³/mol. The molecule has 2 aromatic carbocycles. The highest BCUT2D eigenvalue weighted by Gasteiger charge is 2.42. The summed E-state index contributed by atoms with van der Waals surface area (Å²) in [5, 5.41) is 3.77. The summed E-state index contributed by atoms with van der Waals surface area (Å²) in [5.41, 5.74) is 0.375.